The fraction of sp³-hybridized carbons (Fsp3) is 0.588. The topological polar surface area (TPSA) is 59.0 Å². The lowest BCUT2D eigenvalue weighted by Crippen LogP contribution is -3.00. The maximum atomic E-state index is 12.0. The summed E-state index contributed by atoms with van der Waals surface area (Å²) in [7, 11) is 0. The van der Waals surface area contributed by atoms with Crippen LogP contribution in [0.5, 0.6) is 11.5 Å². The van der Waals surface area contributed by atoms with Gasteiger partial charge in [0.1, 0.15) is 23.7 Å². The normalized spacial score (nSPS) is 14.8. The van der Waals surface area contributed by atoms with Gasteiger partial charge >= 0.3 is 5.97 Å². The van der Waals surface area contributed by atoms with E-state index in [9.17, 15) is 9.90 Å². The molecule has 0 atom stereocenters. The third kappa shape index (κ3) is 6.28. The molecule has 1 aliphatic heterocycles. The number of phenolic OH excluding ortho intramolecular Hbond substituents is 1. The highest BCUT2D eigenvalue weighted by Crippen LogP contribution is 2.24. The molecule has 1 fully saturated rings. The third-order valence-electron chi connectivity index (χ3n) is 3.75. The molecule has 0 aliphatic carbocycles. The minimum atomic E-state index is -0.489. The van der Waals surface area contributed by atoms with Crippen LogP contribution in [0.4, 0.5) is 0 Å². The number of rotatable bonds is 7. The molecule has 6 heteroatoms. The lowest BCUT2D eigenvalue weighted by Gasteiger charge is -2.25. The van der Waals surface area contributed by atoms with Gasteiger partial charge in [0.25, 0.3) is 0 Å². The lowest BCUT2D eigenvalue weighted by atomic mass is 10.1. The zero-order chi connectivity index (χ0) is 15.8. The van der Waals surface area contributed by atoms with E-state index >= 15 is 0 Å². The molecular formula is C17H25ClNO4-. The van der Waals surface area contributed by atoms with Gasteiger partial charge in [-0.2, -0.15) is 0 Å². The van der Waals surface area contributed by atoms with Crippen LogP contribution in [0.2, 0.25) is 0 Å². The SMILES string of the molecule is CCCOc1ccc(C(=O)OCCN2CCCCC2)c(O)c1.[Cl-]. The highest BCUT2D eigenvalue weighted by Gasteiger charge is 2.15. The fourth-order valence-electron chi connectivity index (χ4n) is 2.52. The molecule has 1 saturated heterocycles. The van der Waals surface area contributed by atoms with E-state index in [1.165, 1.54) is 25.3 Å². The van der Waals surface area contributed by atoms with Crippen molar-refractivity contribution in [1.82, 2.24) is 4.90 Å². The summed E-state index contributed by atoms with van der Waals surface area (Å²) in [5, 5.41) is 9.92. The van der Waals surface area contributed by atoms with Crippen LogP contribution >= 0.6 is 0 Å². The van der Waals surface area contributed by atoms with E-state index in [1.807, 2.05) is 6.92 Å². The Hall–Kier alpha value is -1.46. The summed E-state index contributed by atoms with van der Waals surface area (Å²) in [5.74, 6) is -0.0302. The number of phenols is 1. The van der Waals surface area contributed by atoms with Crippen LogP contribution in [-0.2, 0) is 4.74 Å². The largest absolute Gasteiger partial charge is 1.00 e. The van der Waals surface area contributed by atoms with Crippen LogP contribution in [-0.4, -0.2) is 48.8 Å². The Morgan fingerprint density at radius 3 is 2.61 bits per heavy atom. The first kappa shape index (κ1) is 19.6. The number of carbonyl (C=O) groups excluding carboxylic acids is 1. The monoisotopic (exact) mass is 342 g/mol. The van der Waals surface area contributed by atoms with Crippen molar-refractivity contribution < 1.29 is 31.8 Å². The summed E-state index contributed by atoms with van der Waals surface area (Å²) in [6.45, 7) is 5.85. The summed E-state index contributed by atoms with van der Waals surface area (Å²) in [5.41, 5.74) is 0.183. The minimum Gasteiger partial charge on any atom is -1.00 e. The molecule has 5 nitrogen and oxygen atoms in total. The molecule has 1 aromatic rings. The number of benzene rings is 1. The van der Waals surface area contributed by atoms with Crippen molar-refractivity contribution in [2.45, 2.75) is 32.6 Å². The standard InChI is InChI=1S/C17H25NO4.ClH/c1-2-11-21-14-6-7-15(16(19)13-14)17(20)22-12-10-18-8-4-3-5-9-18;/h6-7,13,19H,2-5,8-12H2,1H3;1H/p-1. The van der Waals surface area contributed by atoms with Gasteiger partial charge in [0.15, 0.2) is 0 Å². The molecular weight excluding hydrogens is 318 g/mol. The number of likely N-dealkylation sites (tertiary alicyclic amines) is 1. The van der Waals surface area contributed by atoms with E-state index in [2.05, 4.69) is 4.90 Å². The zero-order valence-electron chi connectivity index (χ0n) is 13.6. The van der Waals surface area contributed by atoms with Crippen molar-refractivity contribution in [3.05, 3.63) is 23.8 Å². The Morgan fingerprint density at radius 2 is 1.96 bits per heavy atom. The van der Waals surface area contributed by atoms with Gasteiger partial charge in [-0.1, -0.05) is 13.3 Å². The smallest absolute Gasteiger partial charge is 0.341 e. The summed E-state index contributed by atoms with van der Waals surface area (Å²) < 4.78 is 10.7. The number of ether oxygens (including phenoxy) is 2. The maximum Gasteiger partial charge on any atom is 0.341 e. The average molecular weight is 343 g/mol. The predicted molar refractivity (Wildman–Crippen MR) is 84.5 cm³/mol. The van der Waals surface area contributed by atoms with E-state index < -0.39 is 5.97 Å². The fourth-order valence-corrected chi connectivity index (χ4v) is 2.52. The van der Waals surface area contributed by atoms with E-state index in [1.54, 1.807) is 12.1 Å². The Labute approximate surface area is 144 Å². The van der Waals surface area contributed by atoms with Crippen LogP contribution in [0, 0.1) is 0 Å². The molecule has 2 rings (SSSR count). The molecule has 0 spiro atoms. The van der Waals surface area contributed by atoms with Crippen molar-refractivity contribution in [3.8, 4) is 11.5 Å². The number of carbonyl (C=O) groups is 1. The zero-order valence-corrected chi connectivity index (χ0v) is 14.3. The molecule has 0 radical (unpaired) electrons. The number of hydrogen-bond donors (Lipinski definition) is 1. The first-order chi connectivity index (χ1) is 10.7. The highest BCUT2D eigenvalue weighted by molar-refractivity contribution is 5.92. The van der Waals surface area contributed by atoms with Gasteiger partial charge in [0, 0.05) is 12.6 Å². The predicted octanol–water partition coefficient (Wildman–Crippen LogP) is -0.172. The molecule has 23 heavy (non-hydrogen) atoms. The number of esters is 1. The van der Waals surface area contributed by atoms with Crippen LogP contribution < -0.4 is 17.1 Å². The number of halogens is 1. The first-order valence-electron chi connectivity index (χ1n) is 8.06. The number of aromatic hydroxyl groups is 1. The van der Waals surface area contributed by atoms with Crippen LogP contribution in [0.1, 0.15) is 43.0 Å². The summed E-state index contributed by atoms with van der Waals surface area (Å²) in [6, 6.07) is 4.68. The first-order valence-corrected chi connectivity index (χ1v) is 8.06. The van der Waals surface area contributed by atoms with Crippen LogP contribution in [0.25, 0.3) is 0 Å². The maximum absolute atomic E-state index is 12.0. The second-order valence-electron chi connectivity index (χ2n) is 5.57. The Bertz CT molecular complexity index is 489. The lowest BCUT2D eigenvalue weighted by molar-refractivity contribution is -0.0000267. The second-order valence-corrected chi connectivity index (χ2v) is 5.57. The van der Waals surface area contributed by atoms with Crippen molar-refractivity contribution in [2.24, 2.45) is 0 Å². The molecule has 1 heterocycles. The molecule has 1 N–H and O–H groups in total. The van der Waals surface area contributed by atoms with Gasteiger partial charge < -0.3 is 27.0 Å². The number of piperidine rings is 1. The average Bonchev–Trinajstić information content (AvgIpc) is 2.54. The van der Waals surface area contributed by atoms with E-state index in [0.29, 0.717) is 19.0 Å². The number of hydrogen-bond acceptors (Lipinski definition) is 5. The van der Waals surface area contributed by atoms with Gasteiger partial charge in [0.2, 0.25) is 0 Å². The molecule has 0 amide bonds. The summed E-state index contributed by atoms with van der Waals surface area (Å²) >= 11 is 0. The van der Waals surface area contributed by atoms with E-state index in [-0.39, 0.29) is 23.7 Å². The minimum absolute atomic E-state index is 0. The van der Waals surface area contributed by atoms with Crippen molar-refractivity contribution >= 4 is 5.97 Å². The Morgan fingerprint density at radius 1 is 1.22 bits per heavy atom. The van der Waals surface area contributed by atoms with Gasteiger partial charge in [-0.15, -0.1) is 0 Å². The molecule has 130 valence electrons. The summed E-state index contributed by atoms with van der Waals surface area (Å²) in [4.78, 5) is 14.3. The Balaban J connectivity index is 0.00000264. The molecule has 0 unspecified atom stereocenters. The highest BCUT2D eigenvalue weighted by atomic mass is 35.5. The molecule has 1 aliphatic rings. The Kier molecular flexibility index (Phi) is 8.81. The molecule has 0 saturated carbocycles. The van der Waals surface area contributed by atoms with Gasteiger partial charge in [-0.3, -0.25) is 4.90 Å². The third-order valence-corrected chi connectivity index (χ3v) is 3.75. The van der Waals surface area contributed by atoms with Crippen molar-refractivity contribution in [1.29, 1.82) is 0 Å². The molecule has 1 aromatic carbocycles. The second kappa shape index (κ2) is 10.3. The quantitative estimate of drug-likeness (QED) is 0.697. The number of nitrogens with zero attached hydrogens (tertiary/aromatic N) is 1. The van der Waals surface area contributed by atoms with E-state index in [0.717, 1.165) is 26.1 Å². The van der Waals surface area contributed by atoms with Gasteiger partial charge in [-0.05, 0) is 44.5 Å². The van der Waals surface area contributed by atoms with Gasteiger partial charge in [-0.25, -0.2) is 4.79 Å². The van der Waals surface area contributed by atoms with Crippen molar-refractivity contribution in [2.75, 3.05) is 32.8 Å². The molecule has 0 aromatic heterocycles. The van der Waals surface area contributed by atoms with Crippen LogP contribution in [0.3, 0.4) is 0 Å². The van der Waals surface area contributed by atoms with E-state index in [4.69, 9.17) is 9.47 Å². The van der Waals surface area contributed by atoms with Crippen molar-refractivity contribution in [3.63, 3.8) is 0 Å². The molecule has 0 bridgehead atoms. The van der Waals surface area contributed by atoms with Gasteiger partial charge in [0.05, 0.1) is 6.61 Å². The summed E-state index contributed by atoms with van der Waals surface area (Å²) in [6.07, 6.45) is 4.61. The van der Waals surface area contributed by atoms with Crippen LogP contribution in [0.15, 0.2) is 18.2 Å².